The zero-order valence-corrected chi connectivity index (χ0v) is 13.2. The summed E-state index contributed by atoms with van der Waals surface area (Å²) in [6.07, 6.45) is 2.05. The molecule has 0 radical (unpaired) electrons. The van der Waals surface area contributed by atoms with Crippen LogP contribution in [0, 0.1) is 13.8 Å². The molecule has 0 bridgehead atoms. The molecule has 0 aliphatic rings. The second kappa shape index (κ2) is 6.18. The topological polar surface area (TPSA) is 42.0 Å². The van der Waals surface area contributed by atoms with Crippen LogP contribution in [0.15, 0.2) is 18.2 Å². The first-order valence-corrected chi connectivity index (χ1v) is 7.67. The smallest absolute Gasteiger partial charge is 0.223 e. The van der Waals surface area contributed by atoms with Gasteiger partial charge < -0.3 is 5.32 Å². The molecule has 0 fully saturated rings. The number of carbonyl (C=O) groups is 1. The zero-order valence-electron chi connectivity index (χ0n) is 12.4. The predicted octanol–water partition coefficient (Wildman–Crippen LogP) is 4.34. The molecule has 0 saturated carbocycles. The Kier molecular flexibility index (Phi) is 4.55. The van der Waals surface area contributed by atoms with Crippen molar-refractivity contribution in [3.63, 3.8) is 0 Å². The third kappa shape index (κ3) is 3.25. The van der Waals surface area contributed by atoms with Crippen LogP contribution >= 0.6 is 11.3 Å². The van der Waals surface area contributed by atoms with E-state index in [2.05, 4.69) is 49.3 Å². The number of nitrogens with zero attached hydrogens (tertiary/aromatic N) is 1. The Morgan fingerprint density at radius 2 is 2.05 bits per heavy atom. The van der Waals surface area contributed by atoms with Crippen LogP contribution in [0.25, 0.3) is 11.3 Å². The largest absolute Gasteiger partial charge is 0.302 e. The van der Waals surface area contributed by atoms with Gasteiger partial charge in [0.1, 0.15) is 0 Å². The molecule has 0 unspecified atom stereocenters. The number of rotatable bonds is 4. The standard InChI is InChI=1S/C16H20N2OS/c1-5-6-14-15(18-16(20-14)17-12(4)19)13-8-7-10(2)11(3)9-13/h7-9H,5-6H2,1-4H3,(H,17,18,19). The number of anilines is 1. The lowest BCUT2D eigenvalue weighted by Gasteiger charge is -2.05. The molecule has 3 nitrogen and oxygen atoms in total. The molecular formula is C16H20N2OS. The second-order valence-corrected chi connectivity index (χ2v) is 6.10. The van der Waals surface area contributed by atoms with E-state index in [0.29, 0.717) is 5.13 Å². The van der Waals surface area contributed by atoms with E-state index in [9.17, 15) is 4.79 Å². The van der Waals surface area contributed by atoms with Crippen molar-refractivity contribution in [1.82, 2.24) is 4.98 Å². The second-order valence-electron chi connectivity index (χ2n) is 5.02. The Morgan fingerprint density at radius 1 is 1.30 bits per heavy atom. The summed E-state index contributed by atoms with van der Waals surface area (Å²) in [7, 11) is 0. The lowest BCUT2D eigenvalue weighted by atomic mass is 10.0. The van der Waals surface area contributed by atoms with E-state index < -0.39 is 0 Å². The van der Waals surface area contributed by atoms with Crippen molar-refractivity contribution >= 4 is 22.4 Å². The summed E-state index contributed by atoms with van der Waals surface area (Å²) >= 11 is 1.57. The summed E-state index contributed by atoms with van der Waals surface area (Å²) < 4.78 is 0. The monoisotopic (exact) mass is 288 g/mol. The van der Waals surface area contributed by atoms with E-state index in [4.69, 9.17) is 0 Å². The van der Waals surface area contributed by atoms with Crippen LogP contribution in [-0.2, 0) is 11.2 Å². The third-order valence-corrected chi connectivity index (χ3v) is 4.27. The number of aromatic nitrogens is 1. The fraction of sp³-hybridized carbons (Fsp3) is 0.375. The highest BCUT2D eigenvalue weighted by Gasteiger charge is 2.13. The Balaban J connectivity index is 2.44. The molecule has 1 heterocycles. The van der Waals surface area contributed by atoms with Crippen LogP contribution in [0.3, 0.4) is 0 Å². The lowest BCUT2D eigenvalue weighted by molar-refractivity contribution is -0.114. The Morgan fingerprint density at radius 3 is 2.65 bits per heavy atom. The normalized spacial score (nSPS) is 10.6. The molecule has 0 aliphatic heterocycles. The van der Waals surface area contributed by atoms with Crippen LogP contribution in [0.5, 0.6) is 0 Å². The minimum atomic E-state index is -0.0755. The number of carbonyl (C=O) groups excluding carboxylic acids is 1. The van der Waals surface area contributed by atoms with Gasteiger partial charge >= 0.3 is 0 Å². The maximum Gasteiger partial charge on any atom is 0.223 e. The van der Waals surface area contributed by atoms with Gasteiger partial charge in [-0.05, 0) is 37.5 Å². The fourth-order valence-corrected chi connectivity index (χ4v) is 3.20. The van der Waals surface area contributed by atoms with Gasteiger partial charge in [0.25, 0.3) is 0 Å². The van der Waals surface area contributed by atoms with Gasteiger partial charge in [0.2, 0.25) is 5.91 Å². The Hall–Kier alpha value is -1.68. The van der Waals surface area contributed by atoms with Crippen LogP contribution in [0.4, 0.5) is 5.13 Å². The molecule has 0 saturated heterocycles. The molecule has 106 valence electrons. The van der Waals surface area contributed by atoms with Crippen molar-refractivity contribution in [2.24, 2.45) is 0 Å². The molecular weight excluding hydrogens is 268 g/mol. The van der Waals surface area contributed by atoms with E-state index >= 15 is 0 Å². The van der Waals surface area contributed by atoms with Gasteiger partial charge in [0, 0.05) is 17.4 Å². The van der Waals surface area contributed by atoms with Crippen LogP contribution in [-0.4, -0.2) is 10.9 Å². The highest BCUT2D eigenvalue weighted by atomic mass is 32.1. The average Bonchev–Trinajstić information content (AvgIpc) is 2.75. The first kappa shape index (κ1) is 14.7. The predicted molar refractivity (Wildman–Crippen MR) is 85.3 cm³/mol. The number of aryl methyl sites for hydroxylation is 3. The third-order valence-electron chi connectivity index (χ3n) is 3.24. The molecule has 4 heteroatoms. The van der Waals surface area contributed by atoms with Crippen molar-refractivity contribution in [3.05, 3.63) is 34.2 Å². The molecule has 1 aromatic heterocycles. The van der Waals surface area contributed by atoms with Crippen LogP contribution in [0.1, 0.15) is 36.3 Å². The van der Waals surface area contributed by atoms with E-state index in [1.54, 1.807) is 11.3 Å². The first-order valence-electron chi connectivity index (χ1n) is 6.86. The summed E-state index contributed by atoms with van der Waals surface area (Å²) in [5.74, 6) is -0.0755. The van der Waals surface area contributed by atoms with E-state index in [1.165, 1.54) is 22.9 Å². The summed E-state index contributed by atoms with van der Waals surface area (Å²) in [5, 5.41) is 3.48. The van der Waals surface area contributed by atoms with E-state index in [1.807, 2.05) is 0 Å². The number of hydrogen-bond donors (Lipinski definition) is 1. The van der Waals surface area contributed by atoms with Crippen molar-refractivity contribution in [3.8, 4) is 11.3 Å². The van der Waals surface area contributed by atoms with Gasteiger partial charge in [0.15, 0.2) is 5.13 Å². The number of nitrogens with one attached hydrogen (secondary N) is 1. The highest BCUT2D eigenvalue weighted by Crippen LogP contribution is 2.33. The molecule has 20 heavy (non-hydrogen) atoms. The van der Waals surface area contributed by atoms with Gasteiger partial charge in [-0.15, -0.1) is 11.3 Å². The van der Waals surface area contributed by atoms with Gasteiger partial charge in [-0.1, -0.05) is 25.5 Å². The number of thiazole rings is 1. The maximum absolute atomic E-state index is 11.2. The van der Waals surface area contributed by atoms with Crippen molar-refractivity contribution < 1.29 is 4.79 Å². The lowest BCUT2D eigenvalue weighted by Crippen LogP contribution is -2.04. The molecule has 0 spiro atoms. The van der Waals surface area contributed by atoms with Crippen LogP contribution in [0.2, 0.25) is 0 Å². The molecule has 1 N–H and O–H groups in total. The number of amides is 1. The van der Waals surface area contributed by atoms with Crippen molar-refractivity contribution in [1.29, 1.82) is 0 Å². The molecule has 0 atom stereocenters. The molecule has 0 aliphatic carbocycles. The molecule has 1 aromatic carbocycles. The van der Waals surface area contributed by atoms with Gasteiger partial charge in [-0.25, -0.2) is 4.98 Å². The van der Waals surface area contributed by atoms with Gasteiger partial charge in [0.05, 0.1) is 5.69 Å². The van der Waals surface area contributed by atoms with Gasteiger partial charge in [-0.2, -0.15) is 0 Å². The maximum atomic E-state index is 11.2. The summed E-state index contributed by atoms with van der Waals surface area (Å²) in [5.41, 5.74) is 4.68. The molecule has 1 amide bonds. The average molecular weight is 288 g/mol. The Bertz CT molecular complexity index is 631. The Labute approximate surface area is 124 Å². The van der Waals surface area contributed by atoms with Crippen molar-refractivity contribution in [2.75, 3.05) is 5.32 Å². The molecule has 2 rings (SSSR count). The minimum absolute atomic E-state index is 0.0755. The summed E-state index contributed by atoms with van der Waals surface area (Å²) in [6, 6.07) is 6.40. The van der Waals surface area contributed by atoms with E-state index in [-0.39, 0.29) is 5.91 Å². The SMILES string of the molecule is CCCc1sc(NC(C)=O)nc1-c1ccc(C)c(C)c1. The van der Waals surface area contributed by atoms with Crippen molar-refractivity contribution in [2.45, 2.75) is 40.5 Å². The summed E-state index contributed by atoms with van der Waals surface area (Å²) in [6.45, 7) is 7.88. The summed E-state index contributed by atoms with van der Waals surface area (Å²) in [4.78, 5) is 17.0. The van der Waals surface area contributed by atoms with Gasteiger partial charge in [-0.3, -0.25) is 4.79 Å². The highest BCUT2D eigenvalue weighted by molar-refractivity contribution is 7.16. The first-order chi connectivity index (χ1) is 9.51. The quantitative estimate of drug-likeness (QED) is 0.909. The minimum Gasteiger partial charge on any atom is -0.302 e. The van der Waals surface area contributed by atoms with E-state index in [0.717, 1.165) is 24.1 Å². The fourth-order valence-electron chi connectivity index (χ4n) is 2.07. The number of benzene rings is 1. The zero-order chi connectivity index (χ0) is 14.7. The molecule has 2 aromatic rings. The van der Waals surface area contributed by atoms with Crippen LogP contribution < -0.4 is 5.32 Å². The number of hydrogen-bond acceptors (Lipinski definition) is 3.